The Hall–Kier alpha value is -2.26. The normalized spacial score (nSPS) is 10.9. The van der Waals surface area contributed by atoms with E-state index in [0.717, 1.165) is 30.4 Å². The average Bonchev–Trinajstić information content (AvgIpc) is 2.98. The molecular formula is C18H19NO2. The van der Waals surface area contributed by atoms with Crippen molar-refractivity contribution >= 4 is 10.8 Å². The van der Waals surface area contributed by atoms with Crippen molar-refractivity contribution in [2.24, 2.45) is 0 Å². The molecule has 3 rings (SSSR count). The minimum absolute atomic E-state index is 0.449. The van der Waals surface area contributed by atoms with Gasteiger partial charge < -0.3 is 14.5 Å². The summed E-state index contributed by atoms with van der Waals surface area (Å²) in [5.74, 6) is 2.64. The summed E-state index contributed by atoms with van der Waals surface area (Å²) in [7, 11) is 0. The minimum Gasteiger partial charge on any atom is -0.486 e. The van der Waals surface area contributed by atoms with Crippen molar-refractivity contribution in [3.05, 3.63) is 66.1 Å². The fourth-order valence-electron chi connectivity index (χ4n) is 2.25. The predicted molar refractivity (Wildman–Crippen MR) is 84.4 cm³/mol. The second-order valence-corrected chi connectivity index (χ2v) is 4.95. The van der Waals surface area contributed by atoms with Gasteiger partial charge >= 0.3 is 0 Å². The van der Waals surface area contributed by atoms with E-state index in [4.69, 9.17) is 9.15 Å². The lowest BCUT2D eigenvalue weighted by atomic mass is 10.1. The highest BCUT2D eigenvalue weighted by Gasteiger charge is 2.03. The van der Waals surface area contributed by atoms with Gasteiger partial charge in [-0.25, -0.2) is 0 Å². The number of ether oxygens (including phenoxy) is 1. The molecule has 0 saturated heterocycles. The third-order valence-corrected chi connectivity index (χ3v) is 3.37. The standard InChI is InChI=1S/C18H19NO2/c1-2-19-12-17-9-10-18(21-17)13-20-16-8-7-14-5-3-4-6-15(14)11-16/h3-11,19H,2,12-13H2,1H3. The van der Waals surface area contributed by atoms with Gasteiger partial charge in [0.1, 0.15) is 23.9 Å². The van der Waals surface area contributed by atoms with Crippen molar-refractivity contribution in [3.8, 4) is 5.75 Å². The predicted octanol–water partition coefficient (Wildman–Crippen LogP) is 4.12. The van der Waals surface area contributed by atoms with Gasteiger partial charge in [-0.1, -0.05) is 37.3 Å². The molecule has 0 aliphatic rings. The maximum absolute atomic E-state index is 5.80. The first-order chi connectivity index (χ1) is 10.3. The van der Waals surface area contributed by atoms with Crippen LogP contribution in [0.3, 0.4) is 0 Å². The number of nitrogens with one attached hydrogen (secondary N) is 1. The van der Waals surface area contributed by atoms with Crippen molar-refractivity contribution in [2.75, 3.05) is 6.54 Å². The summed E-state index contributed by atoms with van der Waals surface area (Å²) in [4.78, 5) is 0. The van der Waals surface area contributed by atoms with Crippen molar-refractivity contribution in [2.45, 2.75) is 20.1 Å². The van der Waals surface area contributed by atoms with E-state index < -0.39 is 0 Å². The highest BCUT2D eigenvalue weighted by molar-refractivity contribution is 5.83. The van der Waals surface area contributed by atoms with Gasteiger partial charge in [0.15, 0.2) is 0 Å². The Kier molecular flexibility index (Phi) is 4.22. The number of furan rings is 1. The van der Waals surface area contributed by atoms with Crippen LogP contribution >= 0.6 is 0 Å². The third kappa shape index (κ3) is 3.44. The van der Waals surface area contributed by atoms with Crippen LogP contribution in [-0.4, -0.2) is 6.54 Å². The number of rotatable bonds is 6. The molecule has 108 valence electrons. The van der Waals surface area contributed by atoms with Gasteiger partial charge in [0.05, 0.1) is 6.54 Å². The Morgan fingerprint density at radius 1 is 0.952 bits per heavy atom. The van der Waals surface area contributed by atoms with Gasteiger partial charge in [-0.05, 0) is 41.6 Å². The lowest BCUT2D eigenvalue weighted by Gasteiger charge is -2.06. The molecule has 0 fully saturated rings. The SMILES string of the molecule is CCNCc1ccc(COc2ccc3ccccc3c2)o1. The van der Waals surface area contributed by atoms with Crippen molar-refractivity contribution in [1.29, 1.82) is 0 Å². The maximum atomic E-state index is 5.80. The van der Waals surface area contributed by atoms with Crippen molar-refractivity contribution in [1.82, 2.24) is 5.32 Å². The fourth-order valence-corrected chi connectivity index (χ4v) is 2.25. The van der Waals surface area contributed by atoms with Crippen LogP contribution in [0.25, 0.3) is 10.8 Å². The zero-order valence-corrected chi connectivity index (χ0v) is 12.1. The Balaban J connectivity index is 1.64. The number of hydrogen-bond donors (Lipinski definition) is 1. The molecule has 21 heavy (non-hydrogen) atoms. The smallest absolute Gasteiger partial charge is 0.146 e. The molecule has 0 aliphatic carbocycles. The highest BCUT2D eigenvalue weighted by atomic mass is 16.5. The first-order valence-corrected chi connectivity index (χ1v) is 7.25. The lowest BCUT2D eigenvalue weighted by Crippen LogP contribution is -2.10. The molecule has 1 N–H and O–H groups in total. The van der Waals surface area contributed by atoms with Crippen LogP contribution in [0, 0.1) is 0 Å². The van der Waals surface area contributed by atoms with E-state index >= 15 is 0 Å². The number of hydrogen-bond acceptors (Lipinski definition) is 3. The van der Waals surface area contributed by atoms with Crippen LogP contribution in [0.5, 0.6) is 5.75 Å². The maximum Gasteiger partial charge on any atom is 0.146 e. The van der Waals surface area contributed by atoms with E-state index in [1.807, 2.05) is 30.3 Å². The van der Waals surface area contributed by atoms with Gasteiger partial charge in [0, 0.05) is 0 Å². The Morgan fingerprint density at radius 3 is 2.62 bits per heavy atom. The van der Waals surface area contributed by atoms with Crippen LogP contribution in [0.4, 0.5) is 0 Å². The van der Waals surface area contributed by atoms with Gasteiger partial charge in [-0.3, -0.25) is 0 Å². The molecule has 2 aromatic carbocycles. The fraction of sp³-hybridized carbons (Fsp3) is 0.222. The zero-order chi connectivity index (χ0) is 14.5. The van der Waals surface area contributed by atoms with E-state index in [0.29, 0.717) is 6.61 Å². The second kappa shape index (κ2) is 6.46. The molecule has 3 nitrogen and oxygen atoms in total. The lowest BCUT2D eigenvalue weighted by molar-refractivity contribution is 0.265. The summed E-state index contributed by atoms with van der Waals surface area (Å²) in [5, 5.41) is 5.64. The molecule has 0 spiro atoms. The number of fused-ring (bicyclic) bond motifs is 1. The Bertz CT molecular complexity index is 718. The molecule has 0 atom stereocenters. The quantitative estimate of drug-likeness (QED) is 0.738. The van der Waals surface area contributed by atoms with E-state index in [-0.39, 0.29) is 0 Å². The monoisotopic (exact) mass is 281 g/mol. The number of benzene rings is 2. The minimum atomic E-state index is 0.449. The summed E-state index contributed by atoms with van der Waals surface area (Å²) in [6.07, 6.45) is 0. The zero-order valence-electron chi connectivity index (χ0n) is 12.1. The van der Waals surface area contributed by atoms with E-state index in [1.165, 1.54) is 10.8 Å². The molecular weight excluding hydrogens is 262 g/mol. The second-order valence-electron chi connectivity index (χ2n) is 4.95. The summed E-state index contributed by atoms with van der Waals surface area (Å²) >= 11 is 0. The average molecular weight is 281 g/mol. The molecule has 0 amide bonds. The largest absolute Gasteiger partial charge is 0.486 e. The molecule has 0 saturated carbocycles. The molecule has 1 aromatic heterocycles. The van der Waals surface area contributed by atoms with Crippen molar-refractivity contribution < 1.29 is 9.15 Å². The Morgan fingerprint density at radius 2 is 1.76 bits per heavy atom. The van der Waals surface area contributed by atoms with E-state index in [1.54, 1.807) is 0 Å². The first kappa shape index (κ1) is 13.7. The summed E-state index contributed by atoms with van der Waals surface area (Å²) in [6, 6.07) is 18.3. The van der Waals surface area contributed by atoms with Crippen LogP contribution < -0.4 is 10.1 Å². The van der Waals surface area contributed by atoms with Gasteiger partial charge in [0.25, 0.3) is 0 Å². The molecule has 1 heterocycles. The summed E-state index contributed by atoms with van der Waals surface area (Å²) < 4.78 is 11.5. The molecule has 0 radical (unpaired) electrons. The van der Waals surface area contributed by atoms with Crippen molar-refractivity contribution in [3.63, 3.8) is 0 Å². The van der Waals surface area contributed by atoms with Crippen LogP contribution in [0.1, 0.15) is 18.4 Å². The van der Waals surface area contributed by atoms with Crippen LogP contribution in [0.2, 0.25) is 0 Å². The van der Waals surface area contributed by atoms with Crippen LogP contribution in [0.15, 0.2) is 59.0 Å². The highest BCUT2D eigenvalue weighted by Crippen LogP contribution is 2.21. The third-order valence-electron chi connectivity index (χ3n) is 3.37. The molecule has 0 aliphatic heterocycles. The van der Waals surface area contributed by atoms with E-state index in [2.05, 4.69) is 36.5 Å². The Labute approximate surface area is 124 Å². The van der Waals surface area contributed by atoms with Crippen LogP contribution in [-0.2, 0) is 13.2 Å². The van der Waals surface area contributed by atoms with Gasteiger partial charge in [-0.15, -0.1) is 0 Å². The topological polar surface area (TPSA) is 34.4 Å². The van der Waals surface area contributed by atoms with Gasteiger partial charge in [0.2, 0.25) is 0 Å². The summed E-state index contributed by atoms with van der Waals surface area (Å²) in [5.41, 5.74) is 0. The molecule has 0 bridgehead atoms. The molecule has 0 unspecified atom stereocenters. The van der Waals surface area contributed by atoms with Gasteiger partial charge in [-0.2, -0.15) is 0 Å². The van der Waals surface area contributed by atoms with E-state index in [9.17, 15) is 0 Å². The molecule has 3 heteroatoms. The summed E-state index contributed by atoms with van der Waals surface area (Å²) in [6.45, 7) is 4.22. The molecule has 3 aromatic rings. The first-order valence-electron chi connectivity index (χ1n) is 7.25.